The molecule has 0 aromatic heterocycles. The first-order chi connectivity index (χ1) is 9.33. The van der Waals surface area contributed by atoms with E-state index in [0.29, 0.717) is 0 Å². The molecule has 0 aromatic carbocycles. The maximum absolute atomic E-state index is 5.24. The molecule has 0 amide bonds. The van der Waals surface area contributed by atoms with Gasteiger partial charge in [-0.2, -0.15) is 0 Å². The van der Waals surface area contributed by atoms with Crippen molar-refractivity contribution in [2.75, 3.05) is 20.3 Å². The summed E-state index contributed by atoms with van der Waals surface area (Å²) in [6.07, 6.45) is 12.7. The van der Waals surface area contributed by atoms with Crippen LogP contribution < -0.4 is 5.32 Å². The molecule has 1 N–H and O–H groups in total. The second kappa shape index (κ2) is 8.26. The molecule has 0 radical (unpaired) electrons. The van der Waals surface area contributed by atoms with Crippen LogP contribution in [0.2, 0.25) is 0 Å². The van der Waals surface area contributed by atoms with Gasteiger partial charge in [0.1, 0.15) is 0 Å². The summed E-state index contributed by atoms with van der Waals surface area (Å²) in [5.41, 5.74) is 0. The standard InChI is InChI=1S/C17H33NO/c1-3-5-14-7-8-16(13-18-17-9-10-17)15(12-14)6-4-11-19-2/h14-18H,3-13H2,1-2H3. The van der Waals surface area contributed by atoms with Crippen LogP contribution in [0.15, 0.2) is 0 Å². The van der Waals surface area contributed by atoms with Crippen molar-refractivity contribution in [1.29, 1.82) is 0 Å². The summed E-state index contributed by atoms with van der Waals surface area (Å²) in [7, 11) is 1.83. The van der Waals surface area contributed by atoms with Gasteiger partial charge < -0.3 is 10.1 Å². The molecule has 2 aliphatic rings. The smallest absolute Gasteiger partial charge is 0.0462 e. The molecule has 2 fully saturated rings. The highest BCUT2D eigenvalue weighted by molar-refractivity contribution is 4.86. The van der Waals surface area contributed by atoms with E-state index in [1.807, 2.05) is 7.11 Å². The molecular formula is C17H33NO. The third kappa shape index (κ3) is 5.43. The van der Waals surface area contributed by atoms with Gasteiger partial charge in [-0.25, -0.2) is 0 Å². The van der Waals surface area contributed by atoms with Crippen molar-refractivity contribution >= 4 is 0 Å². The van der Waals surface area contributed by atoms with Crippen molar-refractivity contribution in [2.24, 2.45) is 17.8 Å². The van der Waals surface area contributed by atoms with Gasteiger partial charge in [0.15, 0.2) is 0 Å². The topological polar surface area (TPSA) is 21.3 Å². The number of rotatable bonds is 9. The fourth-order valence-corrected chi connectivity index (χ4v) is 3.81. The minimum atomic E-state index is 0.869. The van der Waals surface area contributed by atoms with Crippen molar-refractivity contribution < 1.29 is 4.74 Å². The number of hydrogen-bond acceptors (Lipinski definition) is 2. The first kappa shape index (κ1) is 15.3. The number of methoxy groups -OCH3 is 1. The van der Waals surface area contributed by atoms with Crippen LogP contribution in [0.5, 0.6) is 0 Å². The van der Waals surface area contributed by atoms with Crippen LogP contribution in [0.25, 0.3) is 0 Å². The Kier molecular flexibility index (Phi) is 6.66. The van der Waals surface area contributed by atoms with Crippen LogP contribution in [0.4, 0.5) is 0 Å². The third-order valence-corrected chi connectivity index (χ3v) is 5.11. The highest BCUT2D eigenvalue weighted by Gasteiger charge is 2.31. The second-order valence-corrected chi connectivity index (χ2v) is 6.81. The lowest BCUT2D eigenvalue weighted by molar-refractivity contribution is 0.135. The predicted octanol–water partition coefficient (Wildman–Crippen LogP) is 4.00. The van der Waals surface area contributed by atoms with Crippen molar-refractivity contribution in [3.8, 4) is 0 Å². The predicted molar refractivity (Wildman–Crippen MR) is 81.4 cm³/mol. The van der Waals surface area contributed by atoms with Crippen molar-refractivity contribution in [3.63, 3.8) is 0 Å². The Morgan fingerprint density at radius 2 is 1.89 bits per heavy atom. The van der Waals surface area contributed by atoms with Crippen LogP contribution in [0, 0.1) is 17.8 Å². The monoisotopic (exact) mass is 267 g/mol. The van der Waals surface area contributed by atoms with E-state index in [1.54, 1.807) is 0 Å². The summed E-state index contributed by atoms with van der Waals surface area (Å²) in [4.78, 5) is 0. The fraction of sp³-hybridized carbons (Fsp3) is 1.00. The normalized spacial score (nSPS) is 31.6. The Bertz CT molecular complexity index is 239. The lowest BCUT2D eigenvalue weighted by atomic mass is 9.71. The SMILES string of the molecule is CCCC1CCC(CNC2CC2)C(CCCOC)C1. The van der Waals surface area contributed by atoms with Crippen molar-refractivity contribution in [2.45, 2.75) is 70.8 Å². The molecule has 0 spiro atoms. The van der Waals surface area contributed by atoms with E-state index in [1.165, 1.54) is 64.3 Å². The van der Waals surface area contributed by atoms with Gasteiger partial charge in [0.25, 0.3) is 0 Å². The summed E-state index contributed by atoms with van der Waals surface area (Å²) in [6, 6.07) is 0.869. The van der Waals surface area contributed by atoms with Gasteiger partial charge in [-0.1, -0.05) is 26.2 Å². The first-order valence-electron chi connectivity index (χ1n) is 8.55. The van der Waals surface area contributed by atoms with E-state index in [2.05, 4.69) is 12.2 Å². The maximum Gasteiger partial charge on any atom is 0.0462 e. The summed E-state index contributed by atoms with van der Waals surface area (Å²) in [6.45, 7) is 4.56. The molecule has 2 saturated carbocycles. The molecule has 3 atom stereocenters. The summed E-state index contributed by atoms with van der Waals surface area (Å²) in [5.74, 6) is 2.90. The zero-order chi connectivity index (χ0) is 13.5. The van der Waals surface area contributed by atoms with Crippen LogP contribution in [0.3, 0.4) is 0 Å². The van der Waals surface area contributed by atoms with E-state index in [4.69, 9.17) is 4.74 Å². The largest absolute Gasteiger partial charge is 0.385 e. The molecule has 2 heteroatoms. The Labute approximate surface area is 119 Å². The minimum Gasteiger partial charge on any atom is -0.385 e. The molecule has 0 aromatic rings. The van der Waals surface area contributed by atoms with Gasteiger partial charge in [0, 0.05) is 19.8 Å². The Balaban J connectivity index is 1.76. The molecule has 0 bridgehead atoms. The number of nitrogens with one attached hydrogen (secondary N) is 1. The van der Waals surface area contributed by atoms with Crippen LogP contribution in [-0.4, -0.2) is 26.3 Å². The summed E-state index contributed by atoms with van der Waals surface area (Å²) < 4.78 is 5.24. The highest BCUT2D eigenvalue weighted by atomic mass is 16.5. The maximum atomic E-state index is 5.24. The highest BCUT2D eigenvalue weighted by Crippen LogP contribution is 2.38. The Morgan fingerprint density at radius 1 is 1.05 bits per heavy atom. The Hall–Kier alpha value is -0.0800. The number of ether oxygens (including phenoxy) is 1. The lowest BCUT2D eigenvalue weighted by Crippen LogP contribution is -2.34. The van der Waals surface area contributed by atoms with Crippen molar-refractivity contribution in [1.82, 2.24) is 5.32 Å². The van der Waals surface area contributed by atoms with E-state index in [-0.39, 0.29) is 0 Å². The van der Waals surface area contributed by atoms with E-state index in [0.717, 1.165) is 30.4 Å². The lowest BCUT2D eigenvalue weighted by Gasteiger charge is -2.36. The molecular weight excluding hydrogens is 234 g/mol. The minimum absolute atomic E-state index is 0.869. The summed E-state index contributed by atoms with van der Waals surface area (Å²) >= 11 is 0. The molecule has 112 valence electrons. The average Bonchev–Trinajstić information content (AvgIpc) is 3.22. The first-order valence-corrected chi connectivity index (χ1v) is 8.55. The van der Waals surface area contributed by atoms with E-state index in [9.17, 15) is 0 Å². The van der Waals surface area contributed by atoms with Crippen LogP contribution in [-0.2, 0) is 4.74 Å². The molecule has 0 heterocycles. The van der Waals surface area contributed by atoms with Crippen LogP contribution >= 0.6 is 0 Å². The van der Waals surface area contributed by atoms with E-state index >= 15 is 0 Å². The zero-order valence-electron chi connectivity index (χ0n) is 13.0. The van der Waals surface area contributed by atoms with Crippen LogP contribution in [0.1, 0.15) is 64.7 Å². The molecule has 3 unspecified atom stereocenters. The summed E-state index contributed by atoms with van der Waals surface area (Å²) in [5, 5.41) is 3.76. The fourth-order valence-electron chi connectivity index (χ4n) is 3.81. The van der Waals surface area contributed by atoms with Gasteiger partial charge in [-0.3, -0.25) is 0 Å². The molecule has 2 rings (SSSR count). The molecule has 0 aliphatic heterocycles. The molecule has 2 nitrogen and oxygen atoms in total. The average molecular weight is 267 g/mol. The quantitative estimate of drug-likeness (QED) is 0.638. The molecule has 19 heavy (non-hydrogen) atoms. The van der Waals surface area contributed by atoms with Gasteiger partial charge in [-0.15, -0.1) is 0 Å². The van der Waals surface area contributed by atoms with Gasteiger partial charge in [0.2, 0.25) is 0 Å². The van der Waals surface area contributed by atoms with Gasteiger partial charge >= 0.3 is 0 Å². The molecule has 2 aliphatic carbocycles. The van der Waals surface area contributed by atoms with Gasteiger partial charge in [0.05, 0.1) is 0 Å². The Morgan fingerprint density at radius 3 is 2.58 bits per heavy atom. The van der Waals surface area contributed by atoms with Gasteiger partial charge in [-0.05, 0) is 62.8 Å². The second-order valence-electron chi connectivity index (χ2n) is 6.81. The molecule has 0 saturated heterocycles. The van der Waals surface area contributed by atoms with Crippen molar-refractivity contribution in [3.05, 3.63) is 0 Å². The van der Waals surface area contributed by atoms with E-state index < -0.39 is 0 Å². The number of hydrogen-bond donors (Lipinski definition) is 1. The third-order valence-electron chi connectivity index (χ3n) is 5.11. The zero-order valence-corrected chi connectivity index (χ0v) is 13.0.